The molecule has 0 saturated carbocycles. The van der Waals surface area contributed by atoms with Gasteiger partial charge in [0.25, 0.3) is 5.56 Å². The van der Waals surface area contributed by atoms with Crippen molar-refractivity contribution >= 4 is 16.8 Å². The number of pyridine rings is 1. The van der Waals surface area contributed by atoms with Gasteiger partial charge in [-0.3, -0.25) is 9.59 Å². The molecule has 1 aromatic carbocycles. The van der Waals surface area contributed by atoms with Crippen LogP contribution >= 0.6 is 0 Å². The normalized spacial score (nSPS) is 11.0. The maximum Gasteiger partial charge on any atom is 0.253 e. The molecule has 0 fully saturated rings. The molecule has 0 atom stereocenters. The third-order valence-corrected chi connectivity index (χ3v) is 4.48. The molecule has 2 heterocycles. The van der Waals surface area contributed by atoms with Gasteiger partial charge < -0.3 is 14.3 Å². The lowest BCUT2D eigenvalue weighted by Crippen LogP contribution is -2.31. The van der Waals surface area contributed by atoms with Crippen LogP contribution in [-0.4, -0.2) is 15.8 Å². The molecule has 0 spiro atoms. The van der Waals surface area contributed by atoms with Crippen LogP contribution in [0.4, 0.5) is 0 Å². The molecule has 2 aromatic heterocycles. The Labute approximate surface area is 146 Å². The minimum Gasteiger partial charge on any atom is -0.467 e. The molecule has 0 aliphatic rings. The predicted octanol–water partition coefficient (Wildman–Crippen LogP) is 3.68. The smallest absolute Gasteiger partial charge is 0.253 e. The number of hydrogen-bond acceptors (Lipinski definition) is 3. The summed E-state index contributed by atoms with van der Waals surface area (Å²) in [4.78, 5) is 29.3. The molecular weight excluding hydrogens is 316 g/mol. The van der Waals surface area contributed by atoms with E-state index >= 15 is 0 Å². The minimum absolute atomic E-state index is 0.0176. The van der Waals surface area contributed by atoms with Crippen molar-refractivity contribution in [3.8, 4) is 0 Å². The van der Waals surface area contributed by atoms with Crippen LogP contribution in [0.25, 0.3) is 10.9 Å². The third kappa shape index (κ3) is 3.65. The number of aryl methyl sites for hydroxylation is 2. The Hall–Kier alpha value is -2.82. The largest absolute Gasteiger partial charge is 0.467 e. The number of carbonyl (C=O) groups is 1. The molecule has 130 valence electrons. The first-order valence-corrected chi connectivity index (χ1v) is 8.41. The van der Waals surface area contributed by atoms with Crippen LogP contribution in [-0.2, 0) is 17.9 Å². The zero-order valence-corrected chi connectivity index (χ0v) is 14.8. The van der Waals surface area contributed by atoms with Crippen molar-refractivity contribution in [3.63, 3.8) is 0 Å². The molecule has 0 saturated heterocycles. The van der Waals surface area contributed by atoms with Gasteiger partial charge in [0.1, 0.15) is 5.76 Å². The first kappa shape index (κ1) is 17.0. The number of rotatable bonds is 5. The molecule has 25 heavy (non-hydrogen) atoms. The molecule has 0 unspecified atom stereocenters. The van der Waals surface area contributed by atoms with Crippen LogP contribution in [0.2, 0.25) is 0 Å². The van der Waals surface area contributed by atoms with Gasteiger partial charge in [0.05, 0.1) is 19.4 Å². The monoisotopic (exact) mass is 338 g/mol. The number of benzene rings is 1. The quantitative estimate of drug-likeness (QED) is 0.772. The highest BCUT2D eigenvalue weighted by molar-refractivity contribution is 5.81. The van der Waals surface area contributed by atoms with Crippen LogP contribution in [0.5, 0.6) is 0 Å². The summed E-state index contributed by atoms with van der Waals surface area (Å²) in [7, 11) is 0. The highest BCUT2D eigenvalue weighted by atomic mass is 16.3. The molecule has 3 aromatic rings. The van der Waals surface area contributed by atoms with Crippen LogP contribution < -0.4 is 5.56 Å². The summed E-state index contributed by atoms with van der Waals surface area (Å²) in [6.07, 6.45) is 1.96. The van der Waals surface area contributed by atoms with E-state index < -0.39 is 0 Å². The second-order valence-corrected chi connectivity index (χ2v) is 6.33. The van der Waals surface area contributed by atoms with Gasteiger partial charge in [0, 0.05) is 17.5 Å². The zero-order chi connectivity index (χ0) is 18.0. The topological polar surface area (TPSA) is 66.3 Å². The summed E-state index contributed by atoms with van der Waals surface area (Å²) in [6.45, 7) is 6.49. The van der Waals surface area contributed by atoms with Gasteiger partial charge in [-0.1, -0.05) is 6.92 Å². The summed E-state index contributed by atoms with van der Waals surface area (Å²) in [5, 5.41) is 0.972. The fourth-order valence-corrected chi connectivity index (χ4v) is 2.89. The molecule has 1 N–H and O–H groups in total. The molecule has 5 nitrogen and oxygen atoms in total. The van der Waals surface area contributed by atoms with E-state index in [1.807, 2.05) is 39.0 Å². The standard InChI is InChI=1S/C20H22N2O3/c1-4-19(23)22(12-17-6-5-7-25-17)11-16-10-15-8-13(2)14(3)9-18(15)21-20(16)24/h5-10H,4,11-12H2,1-3H3,(H,21,24). The van der Waals surface area contributed by atoms with Crippen molar-refractivity contribution in [2.24, 2.45) is 0 Å². The number of H-pyrrole nitrogens is 1. The maximum absolute atomic E-state index is 12.5. The van der Waals surface area contributed by atoms with E-state index in [1.54, 1.807) is 17.2 Å². The summed E-state index contributed by atoms with van der Waals surface area (Å²) >= 11 is 0. The first-order valence-electron chi connectivity index (χ1n) is 8.41. The fraction of sp³-hybridized carbons (Fsp3) is 0.300. The van der Waals surface area contributed by atoms with E-state index in [2.05, 4.69) is 11.1 Å². The van der Waals surface area contributed by atoms with E-state index in [-0.39, 0.29) is 18.0 Å². The number of nitrogens with one attached hydrogen (secondary N) is 1. The molecular formula is C20H22N2O3. The van der Waals surface area contributed by atoms with E-state index in [9.17, 15) is 9.59 Å². The number of furan rings is 1. The molecule has 0 aliphatic heterocycles. The number of aromatic nitrogens is 1. The van der Waals surface area contributed by atoms with Crippen molar-refractivity contribution in [2.45, 2.75) is 40.3 Å². The Bertz CT molecular complexity index is 955. The lowest BCUT2D eigenvalue weighted by molar-refractivity contribution is -0.132. The summed E-state index contributed by atoms with van der Waals surface area (Å²) in [5.41, 5.74) is 3.53. The Balaban J connectivity index is 1.95. The Morgan fingerprint density at radius 3 is 2.60 bits per heavy atom. The van der Waals surface area contributed by atoms with Gasteiger partial charge in [-0.25, -0.2) is 0 Å². The van der Waals surface area contributed by atoms with Gasteiger partial charge in [-0.05, 0) is 60.7 Å². The second kappa shape index (κ2) is 6.97. The van der Waals surface area contributed by atoms with Crippen molar-refractivity contribution in [1.82, 2.24) is 9.88 Å². The molecule has 0 aliphatic carbocycles. The number of aromatic amines is 1. The highest BCUT2D eigenvalue weighted by Crippen LogP contribution is 2.18. The summed E-state index contributed by atoms with van der Waals surface area (Å²) < 4.78 is 5.35. The van der Waals surface area contributed by atoms with Gasteiger partial charge in [0.15, 0.2) is 0 Å². The van der Waals surface area contributed by atoms with Crippen LogP contribution in [0.15, 0.2) is 45.8 Å². The second-order valence-electron chi connectivity index (χ2n) is 6.33. The van der Waals surface area contributed by atoms with Crippen LogP contribution in [0.3, 0.4) is 0 Å². The Kier molecular flexibility index (Phi) is 4.74. The van der Waals surface area contributed by atoms with Gasteiger partial charge >= 0.3 is 0 Å². The number of fused-ring (bicyclic) bond motifs is 1. The molecule has 5 heteroatoms. The zero-order valence-electron chi connectivity index (χ0n) is 14.8. The molecule has 0 radical (unpaired) electrons. The fourth-order valence-electron chi connectivity index (χ4n) is 2.89. The lowest BCUT2D eigenvalue weighted by atomic mass is 10.0. The summed E-state index contributed by atoms with van der Waals surface area (Å²) in [6, 6.07) is 9.53. The lowest BCUT2D eigenvalue weighted by Gasteiger charge is -2.21. The molecule has 3 rings (SSSR count). The maximum atomic E-state index is 12.5. The van der Waals surface area contributed by atoms with E-state index in [0.717, 1.165) is 16.5 Å². The average Bonchev–Trinajstić information content (AvgIpc) is 3.09. The van der Waals surface area contributed by atoms with E-state index in [4.69, 9.17) is 4.42 Å². The van der Waals surface area contributed by atoms with Crippen LogP contribution in [0.1, 0.15) is 35.8 Å². The van der Waals surface area contributed by atoms with Crippen molar-refractivity contribution in [2.75, 3.05) is 0 Å². The highest BCUT2D eigenvalue weighted by Gasteiger charge is 2.16. The Morgan fingerprint density at radius 2 is 1.92 bits per heavy atom. The van der Waals surface area contributed by atoms with Crippen molar-refractivity contribution in [3.05, 3.63) is 69.4 Å². The van der Waals surface area contributed by atoms with Crippen molar-refractivity contribution in [1.29, 1.82) is 0 Å². The van der Waals surface area contributed by atoms with E-state index in [0.29, 0.717) is 24.3 Å². The average molecular weight is 338 g/mol. The van der Waals surface area contributed by atoms with Crippen LogP contribution in [0, 0.1) is 13.8 Å². The number of nitrogens with zero attached hydrogens (tertiary/aromatic N) is 1. The third-order valence-electron chi connectivity index (χ3n) is 4.48. The first-order chi connectivity index (χ1) is 12.0. The Morgan fingerprint density at radius 1 is 1.16 bits per heavy atom. The number of amides is 1. The SMILES string of the molecule is CCC(=O)N(Cc1ccco1)Cc1cc2cc(C)c(C)cc2[nH]c1=O. The minimum atomic E-state index is -0.163. The number of carbonyl (C=O) groups excluding carboxylic acids is 1. The van der Waals surface area contributed by atoms with Gasteiger partial charge in [0.2, 0.25) is 5.91 Å². The molecule has 0 bridgehead atoms. The van der Waals surface area contributed by atoms with Gasteiger partial charge in [-0.15, -0.1) is 0 Å². The van der Waals surface area contributed by atoms with Crippen molar-refractivity contribution < 1.29 is 9.21 Å². The predicted molar refractivity (Wildman–Crippen MR) is 97.3 cm³/mol. The van der Waals surface area contributed by atoms with E-state index in [1.165, 1.54) is 5.56 Å². The molecule has 1 amide bonds. The summed E-state index contributed by atoms with van der Waals surface area (Å²) in [5.74, 6) is 0.682. The number of hydrogen-bond donors (Lipinski definition) is 1. The van der Waals surface area contributed by atoms with Gasteiger partial charge in [-0.2, -0.15) is 0 Å².